The van der Waals surface area contributed by atoms with Gasteiger partial charge in [-0.15, -0.1) is 0 Å². The minimum atomic E-state index is -4.08. The molecule has 0 spiro atoms. The Kier molecular flexibility index (Phi) is 4.39. The first kappa shape index (κ1) is 15.2. The molecule has 0 aliphatic rings. The van der Waals surface area contributed by atoms with Crippen LogP contribution in [0, 0.1) is 5.82 Å². The molecule has 0 saturated heterocycles. The third-order valence-corrected chi connectivity index (χ3v) is 3.51. The van der Waals surface area contributed by atoms with Crippen molar-refractivity contribution in [3.63, 3.8) is 0 Å². The van der Waals surface area contributed by atoms with Gasteiger partial charge in [0.15, 0.2) is 0 Å². The summed E-state index contributed by atoms with van der Waals surface area (Å²) in [7, 11) is -2.61. The maximum atomic E-state index is 13.1. The molecule has 0 radical (unpaired) electrons. The Balaban J connectivity index is 2.24. The first-order valence-corrected chi connectivity index (χ1v) is 7.40. The Labute approximate surface area is 121 Å². The van der Waals surface area contributed by atoms with Crippen molar-refractivity contribution < 1.29 is 22.3 Å². The molecule has 1 aromatic heterocycles. The lowest BCUT2D eigenvalue weighted by Crippen LogP contribution is -2.14. The summed E-state index contributed by atoms with van der Waals surface area (Å²) < 4.78 is 46.3. The highest BCUT2D eigenvalue weighted by Gasteiger charge is 2.16. The number of ether oxygens (including phenoxy) is 2. The summed E-state index contributed by atoms with van der Waals surface area (Å²) in [4.78, 5) is 3.70. The van der Waals surface area contributed by atoms with Crippen molar-refractivity contribution in [2.45, 2.75) is 11.5 Å². The molecule has 0 bridgehead atoms. The molecule has 0 aliphatic carbocycles. The van der Waals surface area contributed by atoms with Gasteiger partial charge in [0.1, 0.15) is 23.1 Å². The second-order valence-electron chi connectivity index (χ2n) is 4.10. The number of benzene rings is 1. The molecular formula is C13H13FN2O4S. The topological polar surface area (TPSA) is 91.5 Å². The Bertz CT molecular complexity index is 750. The Morgan fingerprint density at radius 1 is 1.29 bits per heavy atom. The zero-order chi connectivity index (χ0) is 15.5. The van der Waals surface area contributed by atoms with E-state index in [1.165, 1.54) is 13.2 Å². The van der Waals surface area contributed by atoms with Gasteiger partial charge in [-0.3, -0.25) is 0 Å². The van der Waals surface area contributed by atoms with E-state index in [9.17, 15) is 12.8 Å². The van der Waals surface area contributed by atoms with Crippen LogP contribution >= 0.6 is 0 Å². The molecule has 0 saturated carbocycles. The van der Waals surface area contributed by atoms with Gasteiger partial charge in [0, 0.05) is 6.07 Å². The van der Waals surface area contributed by atoms with Gasteiger partial charge in [-0.05, 0) is 24.3 Å². The van der Waals surface area contributed by atoms with E-state index in [1.54, 1.807) is 18.2 Å². The van der Waals surface area contributed by atoms with Crippen LogP contribution in [0.1, 0.15) is 5.69 Å². The van der Waals surface area contributed by atoms with Gasteiger partial charge >= 0.3 is 0 Å². The smallest absolute Gasteiger partial charge is 0.241 e. The zero-order valence-corrected chi connectivity index (χ0v) is 11.9. The predicted molar refractivity (Wildman–Crippen MR) is 72.9 cm³/mol. The fraction of sp³-hybridized carbons (Fsp3) is 0.154. The summed E-state index contributed by atoms with van der Waals surface area (Å²) >= 11 is 0. The van der Waals surface area contributed by atoms with Gasteiger partial charge in [-0.25, -0.2) is 22.9 Å². The highest BCUT2D eigenvalue weighted by Crippen LogP contribution is 2.24. The van der Waals surface area contributed by atoms with Crippen LogP contribution in [0.2, 0.25) is 0 Å². The second kappa shape index (κ2) is 6.06. The van der Waals surface area contributed by atoms with Crippen LogP contribution in [-0.4, -0.2) is 20.5 Å². The molecule has 0 atom stereocenters. The van der Waals surface area contributed by atoms with E-state index in [0.717, 1.165) is 12.1 Å². The zero-order valence-electron chi connectivity index (χ0n) is 11.1. The second-order valence-corrected chi connectivity index (χ2v) is 5.63. The van der Waals surface area contributed by atoms with Gasteiger partial charge in [0.05, 0.1) is 12.8 Å². The maximum absolute atomic E-state index is 13.1. The van der Waals surface area contributed by atoms with Crippen molar-refractivity contribution in [2.24, 2.45) is 5.14 Å². The number of sulfonamides is 1. The van der Waals surface area contributed by atoms with Crippen molar-refractivity contribution in [2.75, 3.05) is 7.11 Å². The SMILES string of the molecule is COc1cccc(COc2ccc(F)cc2S(N)(=O)=O)n1. The van der Waals surface area contributed by atoms with Crippen LogP contribution in [0.15, 0.2) is 41.3 Å². The molecule has 21 heavy (non-hydrogen) atoms. The van der Waals surface area contributed by atoms with Gasteiger partial charge in [0.25, 0.3) is 0 Å². The van der Waals surface area contributed by atoms with Crippen LogP contribution in [0.4, 0.5) is 4.39 Å². The Hall–Kier alpha value is -2.19. The highest BCUT2D eigenvalue weighted by molar-refractivity contribution is 7.89. The summed E-state index contributed by atoms with van der Waals surface area (Å²) in [6.07, 6.45) is 0. The van der Waals surface area contributed by atoms with Gasteiger partial charge in [-0.1, -0.05) is 6.07 Å². The number of rotatable bonds is 5. The van der Waals surface area contributed by atoms with Crippen molar-refractivity contribution in [3.05, 3.63) is 47.9 Å². The number of aromatic nitrogens is 1. The average molecular weight is 312 g/mol. The lowest BCUT2D eigenvalue weighted by atomic mass is 10.3. The number of halogens is 1. The summed E-state index contributed by atoms with van der Waals surface area (Å²) in [5.41, 5.74) is 0.527. The molecule has 0 amide bonds. The predicted octanol–water partition coefficient (Wildman–Crippen LogP) is 1.46. The summed E-state index contributed by atoms with van der Waals surface area (Å²) in [5, 5.41) is 5.03. The number of methoxy groups -OCH3 is 1. The molecular weight excluding hydrogens is 299 g/mol. The minimum Gasteiger partial charge on any atom is -0.486 e. The molecule has 0 aliphatic heterocycles. The van der Waals surface area contributed by atoms with Crippen LogP contribution in [0.5, 0.6) is 11.6 Å². The van der Waals surface area contributed by atoms with Crippen molar-refractivity contribution in [1.82, 2.24) is 4.98 Å². The van der Waals surface area contributed by atoms with Crippen LogP contribution in [0.3, 0.4) is 0 Å². The summed E-state index contributed by atoms with van der Waals surface area (Å²) in [6, 6.07) is 8.16. The van der Waals surface area contributed by atoms with E-state index in [2.05, 4.69) is 4.98 Å². The Morgan fingerprint density at radius 2 is 2.05 bits per heavy atom. The van der Waals surface area contributed by atoms with E-state index in [4.69, 9.17) is 14.6 Å². The number of hydrogen-bond acceptors (Lipinski definition) is 5. The van der Waals surface area contributed by atoms with E-state index < -0.39 is 20.7 Å². The fourth-order valence-corrected chi connectivity index (χ4v) is 2.31. The van der Waals surface area contributed by atoms with Gasteiger partial charge < -0.3 is 9.47 Å². The molecule has 1 aromatic carbocycles. The lowest BCUT2D eigenvalue weighted by molar-refractivity contribution is 0.289. The number of primary sulfonamides is 1. The third kappa shape index (κ3) is 3.89. The van der Waals surface area contributed by atoms with E-state index in [-0.39, 0.29) is 12.4 Å². The van der Waals surface area contributed by atoms with Crippen LogP contribution in [0.25, 0.3) is 0 Å². The van der Waals surface area contributed by atoms with E-state index in [1.807, 2.05) is 0 Å². The van der Waals surface area contributed by atoms with Gasteiger partial charge in [-0.2, -0.15) is 0 Å². The first-order chi connectivity index (χ1) is 9.90. The maximum Gasteiger partial charge on any atom is 0.241 e. The summed E-state index contributed by atoms with van der Waals surface area (Å²) in [5.74, 6) is -0.351. The number of hydrogen-bond donors (Lipinski definition) is 1. The van der Waals surface area contributed by atoms with Crippen molar-refractivity contribution >= 4 is 10.0 Å². The number of pyridine rings is 1. The monoisotopic (exact) mass is 312 g/mol. The Morgan fingerprint density at radius 3 is 2.71 bits per heavy atom. The fourth-order valence-electron chi connectivity index (χ4n) is 1.63. The van der Waals surface area contributed by atoms with E-state index >= 15 is 0 Å². The highest BCUT2D eigenvalue weighted by atomic mass is 32.2. The molecule has 2 N–H and O–H groups in total. The number of nitrogens with zero attached hydrogens (tertiary/aromatic N) is 1. The van der Waals surface area contributed by atoms with Crippen molar-refractivity contribution in [3.8, 4) is 11.6 Å². The molecule has 8 heteroatoms. The van der Waals surface area contributed by atoms with Crippen LogP contribution in [-0.2, 0) is 16.6 Å². The van der Waals surface area contributed by atoms with E-state index in [0.29, 0.717) is 11.6 Å². The van der Waals surface area contributed by atoms with Gasteiger partial charge in [0.2, 0.25) is 15.9 Å². The molecule has 1 heterocycles. The largest absolute Gasteiger partial charge is 0.486 e. The third-order valence-electron chi connectivity index (χ3n) is 2.58. The summed E-state index contributed by atoms with van der Waals surface area (Å²) in [6.45, 7) is -0.00858. The minimum absolute atomic E-state index is 0.00858. The molecule has 0 unspecified atom stereocenters. The average Bonchev–Trinajstić information content (AvgIpc) is 2.45. The number of nitrogens with two attached hydrogens (primary N) is 1. The molecule has 112 valence electrons. The quantitative estimate of drug-likeness (QED) is 0.902. The standard InChI is InChI=1S/C13H13FN2O4S/c1-19-13-4-2-3-10(16-13)8-20-11-6-5-9(14)7-12(11)21(15,17)18/h2-7H,8H2,1H3,(H2,15,17,18). The molecule has 2 rings (SSSR count). The molecule has 0 fully saturated rings. The molecule has 6 nitrogen and oxygen atoms in total. The van der Waals surface area contributed by atoms with Crippen molar-refractivity contribution in [1.29, 1.82) is 0 Å². The first-order valence-electron chi connectivity index (χ1n) is 5.85. The van der Waals surface area contributed by atoms with Crippen LogP contribution < -0.4 is 14.6 Å². The lowest BCUT2D eigenvalue weighted by Gasteiger charge is -2.10. The normalized spacial score (nSPS) is 11.2. The molecule has 2 aromatic rings.